The van der Waals surface area contributed by atoms with Crippen LogP contribution in [0.15, 0.2) is 36.7 Å². The maximum atomic E-state index is 9.99. The molecule has 4 heterocycles. The van der Waals surface area contributed by atoms with E-state index in [0.717, 1.165) is 51.0 Å². The lowest BCUT2D eigenvalue weighted by Crippen LogP contribution is -2.44. The van der Waals surface area contributed by atoms with Gasteiger partial charge in [-0.1, -0.05) is 34.6 Å². The minimum atomic E-state index is -1.81. The van der Waals surface area contributed by atoms with Gasteiger partial charge in [-0.15, -0.1) is 0 Å². The Bertz CT molecular complexity index is 1570. The number of benzene rings is 2. The zero-order chi connectivity index (χ0) is 31.1. The zero-order valence-electron chi connectivity index (χ0n) is 26.9. The van der Waals surface area contributed by atoms with Crippen molar-refractivity contribution in [2.75, 3.05) is 13.2 Å². The number of hydrogen-bond donors (Lipinski definition) is 2. The summed E-state index contributed by atoms with van der Waals surface area (Å²) in [6.45, 7) is 20.1. The molecule has 2 aromatic heterocycles. The van der Waals surface area contributed by atoms with E-state index in [1.54, 1.807) is 0 Å². The van der Waals surface area contributed by atoms with E-state index in [-0.39, 0.29) is 11.1 Å². The third kappa shape index (κ3) is 6.77. The van der Waals surface area contributed by atoms with Gasteiger partial charge in [0.15, 0.2) is 8.32 Å². The van der Waals surface area contributed by atoms with E-state index in [2.05, 4.69) is 64.8 Å². The summed E-state index contributed by atoms with van der Waals surface area (Å²) < 4.78 is 21.8. The smallest absolute Gasteiger partial charge is 0.192 e. The maximum Gasteiger partial charge on any atom is 0.192 e. The van der Waals surface area contributed by atoms with Crippen LogP contribution in [-0.4, -0.2) is 69.6 Å². The maximum absolute atomic E-state index is 9.99. The van der Waals surface area contributed by atoms with E-state index in [1.165, 1.54) is 0 Å². The molecule has 43 heavy (non-hydrogen) atoms. The van der Waals surface area contributed by atoms with E-state index >= 15 is 0 Å². The van der Waals surface area contributed by atoms with Crippen molar-refractivity contribution in [2.45, 2.75) is 104 Å². The van der Waals surface area contributed by atoms with E-state index in [9.17, 15) is 10.2 Å². The zero-order valence-corrected chi connectivity index (χ0v) is 27.9. The summed E-state index contributed by atoms with van der Waals surface area (Å²) >= 11 is 0. The summed E-state index contributed by atoms with van der Waals surface area (Å²) in [7, 11) is -1.81. The molecule has 0 unspecified atom stereocenters. The second-order valence-corrected chi connectivity index (χ2v) is 18.8. The van der Waals surface area contributed by atoms with Crippen molar-refractivity contribution in [1.82, 2.24) is 19.6 Å². The molecular formula is C33H48N4O5Si. The predicted octanol–water partition coefficient (Wildman–Crippen LogP) is 5.73. The van der Waals surface area contributed by atoms with Gasteiger partial charge in [0.25, 0.3) is 0 Å². The van der Waals surface area contributed by atoms with Crippen molar-refractivity contribution in [3.63, 3.8) is 0 Å². The second-order valence-electron chi connectivity index (χ2n) is 14.0. The molecule has 2 aromatic carbocycles. The summed E-state index contributed by atoms with van der Waals surface area (Å²) in [5.74, 6) is 2.29. The number of fused-ring (bicyclic) bond motifs is 6. The fraction of sp³-hybridized carbons (Fsp3) is 0.576. The molecule has 3 atom stereocenters. The quantitative estimate of drug-likeness (QED) is 0.270. The Kier molecular flexibility index (Phi) is 8.96. The molecule has 4 aromatic rings. The monoisotopic (exact) mass is 608 g/mol. The van der Waals surface area contributed by atoms with Crippen molar-refractivity contribution < 1.29 is 24.1 Å². The molecule has 9 nitrogen and oxygen atoms in total. The Labute approximate surface area is 255 Å². The predicted molar refractivity (Wildman–Crippen MR) is 172 cm³/mol. The van der Waals surface area contributed by atoms with Crippen LogP contribution in [0.2, 0.25) is 18.1 Å². The first-order valence-corrected chi connectivity index (χ1v) is 18.4. The molecule has 0 amide bonds. The number of hydrogen-bond acceptors (Lipinski definition) is 7. The van der Waals surface area contributed by atoms with Crippen LogP contribution in [0.25, 0.3) is 21.8 Å². The Morgan fingerprint density at radius 2 is 1.30 bits per heavy atom. The lowest BCUT2D eigenvalue weighted by atomic mass is 10.0. The van der Waals surface area contributed by atoms with Crippen molar-refractivity contribution in [3.05, 3.63) is 47.8 Å². The van der Waals surface area contributed by atoms with Crippen LogP contribution in [-0.2, 0) is 30.4 Å². The summed E-state index contributed by atoms with van der Waals surface area (Å²) in [6.07, 6.45) is 4.24. The topological polar surface area (TPSA) is 104 Å². The highest BCUT2D eigenvalue weighted by atomic mass is 28.4. The van der Waals surface area contributed by atoms with Crippen LogP contribution in [0.4, 0.5) is 0 Å². The average Bonchev–Trinajstić information content (AvgIpc) is 3.52. The van der Waals surface area contributed by atoms with E-state index < -0.39 is 20.5 Å². The molecule has 234 valence electrons. The average molecular weight is 609 g/mol. The van der Waals surface area contributed by atoms with Crippen LogP contribution >= 0.6 is 0 Å². The summed E-state index contributed by atoms with van der Waals surface area (Å²) in [5, 5.41) is 31.2. The number of ether oxygens (including phenoxy) is 2. The van der Waals surface area contributed by atoms with Crippen LogP contribution in [0.3, 0.4) is 0 Å². The molecule has 2 aliphatic rings. The first kappa shape index (κ1) is 31.5. The highest BCUT2D eigenvalue weighted by molar-refractivity contribution is 6.74. The highest BCUT2D eigenvalue weighted by Gasteiger charge is 2.38. The summed E-state index contributed by atoms with van der Waals surface area (Å²) in [4.78, 5) is 0. The van der Waals surface area contributed by atoms with E-state index in [1.807, 2.05) is 46.0 Å². The Morgan fingerprint density at radius 1 is 0.837 bits per heavy atom. The first-order valence-electron chi connectivity index (χ1n) is 15.5. The molecule has 10 heteroatoms. The van der Waals surface area contributed by atoms with Crippen molar-refractivity contribution in [3.8, 4) is 11.5 Å². The number of rotatable bonds is 6. The van der Waals surface area contributed by atoms with Crippen LogP contribution in [0, 0.1) is 5.92 Å². The molecule has 0 bridgehead atoms. The van der Waals surface area contributed by atoms with Gasteiger partial charge in [-0.05, 0) is 55.2 Å². The van der Waals surface area contributed by atoms with Gasteiger partial charge in [0.1, 0.15) is 24.7 Å². The van der Waals surface area contributed by atoms with Gasteiger partial charge in [-0.25, -0.2) is 0 Å². The number of aromatic nitrogens is 4. The van der Waals surface area contributed by atoms with Gasteiger partial charge in [0, 0.05) is 41.3 Å². The molecule has 2 aliphatic heterocycles. The fourth-order valence-corrected chi connectivity index (χ4v) is 7.11. The number of nitrogens with zero attached hydrogens (tertiary/aromatic N) is 4. The van der Waals surface area contributed by atoms with Crippen LogP contribution in [0.5, 0.6) is 11.5 Å². The van der Waals surface area contributed by atoms with Crippen LogP contribution in [0.1, 0.15) is 52.7 Å². The SMILES string of the molecule is CC(C)Cn1ncc2ccc3c(c21)C[C@H](O)CO3.C[C@H](Cn1ncc2ccc3c(c21)C[C@@H](O)CO3)O[Si](C)(C)C(C)(C)C. The highest BCUT2D eigenvalue weighted by Crippen LogP contribution is 2.38. The largest absolute Gasteiger partial charge is 0.491 e. The van der Waals surface area contributed by atoms with E-state index in [0.29, 0.717) is 38.5 Å². The van der Waals surface area contributed by atoms with Gasteiger partial charge in [-0.2, -0.15) is 10.2 Å². The third-order valence-corrected chi connectivity index (χ3v) is 13.3. The Balaban J connectivity index is 0.000000180. The minimum absolute atomic E-state index is 0.0780. The molecule has 6 rings (SSSR count). The fourth-order valence-electron chi connectivity index (χ4n) is 5.68. The standard InChI is InChI=1S/C19H30N2O3Si.C14H18N2O2/c1-13(24-25(5,6)19(2,3)4)11-21-18-14(10-20-21)7-8-17-16(18)9-15(22)12-23-17;1-9(2)7-16-14-10(6-15-16)3-4-13-12(14)5-11(17)8-18-13/h7-8,10,13,15,22H,9,11-12H2,1-6H3;3-4,6,9,11,17H,5,7-8H2,1-2H3/t13-,15-;11-/m10/s1. The Morgan fingerprint density at radius 3 is 1.74 bits per heavy atom. The van der Waals surface area contributed by atoms with Gasteiger partial charge in [0.2, 0.25) is 0 Å². The Hall–Kier alpha value is -2.92. The van der Waals surface area contributed by atoms with Crippen molar-refractivity contribution in [2.24, 2.45) is 5.92 Å². The molecule has 0 aliphatic carbocycles. The molecule has 0 fully saturated rings. The normalized spacial score (nSPS) is 19.3. The lowest BCUT2D eigenvalue weighted by Gasteiger charge is -2.38. The lowest BCUT2D eigenvalue weighted by molar-refractivity contribution is 0.0924. The molecule has 0 saturated heterocycles. The minimum Gasteiger partial charge on any atom is -0.491 e. The number of aliphatic hydroxyl groups excluding tert-OH is 2. The van der Waals surface area contributed by atoms with E-state index in [4.69, 9.17) is 13.9 Å². The molecule has 0 saturated carbocycles. The third-order valence-electron chi connectivity index (χ3n) is 8.74. The van der Waals surface area contributed by atoms with Gasteiger partial charge >= 0.3 is 0 Å². The molecular weight excluding hydrogens is 560 g/mol. The van der Waals surface area contributed by atoms with Gasteiger partial charge < -0.3 is 24.1 Å². The second kappa shape index (κ2) is 12.2. The van der Waals surface area contributed by atoms with Crippen molar-refractivity contribution >= 4 is 30.1 Å². The molecule has 0 radical (unpaired) electrons. The molecule has 2 N–H and O–H groups in total. The summed E-state index contributed by atoms with van der Waals surface area (Å²) in [6, 6.07) is 8.03. The first-order chi connectivity index (χ1) is 20.2. The van der Waals surface area contributed by atoms with Gasteiger partial charge in [0.05, 0.1) is 48.3 Å². The number of aliphatic hydroxyl groups is 2. The van der Waals surface area contributed by atoms with Crippen LogP contribution < -0.4 is 9.47 Å². The van der Waals surface area contributed by atoms with Gasteiger partial charge in [-0.3, -0.25) is 9.36 Å². The van der Waals surface area contributed by atoms with Crippen molar-refractivity contribution in [1.29, 1.82) is 0 Å². The molecule has 0 spiro atoms. The summed E-state index contributed by atoms with van der Waals surface area (Å²) in [5.41, 5.74) is 4.31.